The summed E-state index contributed by atoms with van der Waals surface area (Å²) in [5, 5.41) is 18.7. The van der Waals surface area contributed by atoms with Crippen molar-refractivity contribution >= 4 is 63.0 Å². The molecule has 16 heavy (non-hydrogen) atoms. The summed E-state index contributed by atoms with van der Waals surface area (Å²) >= 11 is 0. The number of hydrogen-bond donors (Lipinski definition) is 3. The van der Waals surface area contributed by atoms with Crippen LogP contribution in [-0.4, -0.2) is 82.8 Å². The van der Waals surface area contributed by atoms with Gasteiger partial charge in [-0.15, -0.1) is 0 Å². The first kappa shape index (κ1) is 17.5. The molecular weight excluding hydrogens is 253 g/mol. The van der Waals surface area contributed by atoms with Crippen molar-refractivity contribution in [2.24, 2.45) is 0 Å². The first-order valence-electron chi connectivity index (χ1n) is 3.17. The normalized spacial score (nSPS) is 8.50. The number of H-pyrrole nitrogens is 2. The van der Waals surface area contributed by atoms with Gasteiger partial charge in [-0.1, -0.05) is 0 Å². The zero-order valence-corrected chi connectivity index (χ0v) is 6.94. The molecule has 0 aliphatic carbocycles. The molecule has 0 spiro atoms. The van der Waals surface area contributed by atoms with Crippen LogP contribution >= 0.6 is 0 Å². The number of nitrogens with one attached hydrogen (secondary N) is 2. The Morgan fingerprint density at radius 2 is 1.81 bits per heavy atom. The zero-order valence-electron chi connectivity index (χ0n) is 6.94. The third kappa shape index (κ3) is 3.62. The van der Waals surface area contributed by atoms with Crippen LogP contribution < -0.4 is 11.2 Å². The predicted octanol–water partition coefficient (Wildman–Crippen LogP) is -2.80. The molecular formula is C5H6KN3O7. The molecule has 1 rings (SSSR count). The van der Waals surface area contributed by atoms with Crippen LogP contribution in [0.15, 0.2) is 9.59 Å². The fraction of sp³-hybridized carbons (Fsp3) is 0. The molecule has 0 saturated carbocycles. The number of aromatic amines is 2. The fourth-order valence-corrected chi connectivity index (χ4v) is 0.809. The van der Waals surface area contributed by atoms with Gasteiger partial charge < -0.3 is 10.6 Å². The molecule has 1 heterocycles. The molecule has 0 aliphatic rings. The van der Waals surface area contributed by atoms with Crippen LogP contribution in [0.1, 0.15) is 10.5 Å². The summed E-state index contributed by atoms with van der Waals surface area (Å²) in [6, 6.07) is 0. The molecule has 0 unspecified atom stereocenters. The SMILES string of the molecule is O.O=C(O)c1[nH]c(=O)[nH]c(=O)c1[N+](=O)[O-].[KH]. The standard InChI is InChI=1S/C5H3N3O6.K.H2O.H/c9-3-2(8(13)14)1(4(10)11)6-5(12)7-3;;;/h(H,10,11)(H2,6,7,9,12);;1H2;. The Labute approximate surface area is 129 Å². The van der Waals surface area contributed by atoms with E-state index in [2.05, 4.69) is 0 Å². The number of carbonyl (C=O) groups is 1. The number of carboxylic acids is 1. The molecule has 10 nitrogen and oxygen atoms in total. The van der Waals surface area contributed by atoms with Gasteiger partial charge in [0.2, 0.25) is 5.69 Å². The van der Waals surface area contributed by atoms with Crippen molar-refractivity contribution in [2.45, 2.75) is 0 Å². The van der Waals surface area contributed by atoms with Gasteiger partial charge in [0.1, 0.15) is 0 Å². The van der Waals surface area contributed by atoms with Crippen LogP contribution in [0.4, 0.5) is 5.69 Å². The van der Waals surface area contributed by atoms with Crippen molar-refractivity contribution in [1.29, 1.82) is 0 Å². The van der Waals surface area contributed by atoms with E-state index in [1.807, 2.05) is 0 Å². The van der Waals surface area contributed by atoms with Gasteiger partial charge in [-0.05, 0) is 0 Å². The Morgan fingerprint density at radius 1 is 1.31 bits per heavy atom. The Morgan fingerprint density at radius 3 is 2.19 bits per heavy atom. The van der Waals surface area contributed by atoms with E-state index in [0.29, 0.717) is 0 Å². The van der Waals surface area contributed by atoms with Gasteiger partial charge in [-0.2, -0.15) is 0 Å². The van der Waals surface area contributed by atoms with Crippen LogP contribution in [-0.2, 0) is 0 Å². The van der Waals surface area contributed by atoms with E-state index in [1.54, 1.807) is 9.97 Å². The molecule has 84 valence electrons. The fourth-order valence-electron chi connectivity index (χ4n) is 0.809. The average molecular weight is 259 g/mol. The van der Waals surface area contributed by atoms with E-state index >= 15 is 0 Å². The van der Waals surface area contributed by atoms with Gasteiger partial charge in [0.25, 0.3) is 0 Å². The topological polar surface area (TPSA) is 178 Å². The van der Waals surface area contributed by atoms with Crippen molar-refractivity contribution in [1.82, 2.24) is 9.97 Å². The first-order valence-corrected chi connectivity index (χ1v) is 3.17. The molecule has 11 heteroatoms. The van der Waals surface area contributed by atoms with Gasteiger partial charge in [0.05, 0.1) is 4.92 Å². The first-order chi connectivity index (χ1) is 6.43. The number of aromatic nitrogens is 2. The summed E-state index contributed by atoms with van der Waals surface area (Å²) in [6.45, 7) is 0. The minimum atomic E-state index is -1.75. The molecule has 0 amide bonds. The molecule has 0 aromatic carbocycles. The third-order valence-corrected chi connectivity index (χ3v) is 1.31. The van der Waals surface area contributed by atoms with E-state index in [-0.39, 0.29) is 56.9 Å². The maximum absolute atomic E-state index is 10.8. The van der Waals surface area contributed by atoms with E-state index in [9.17, 15) is 24.5 Å². The molecule has 0 aliphatic heterocycles. The number of carboxylic acid groups (broad SMARTS) is 1. The molecule has 0 saturated heterocycles. The number of aromatic carboxylic acids is 1. The summed E-state index contributed by atoms with van der Waals surface area (Å²) in [5.74, 6) is -1.75. The number of nitrogens with zero attached hydrogens (tertiary/aromatic N) is 1. The second-order valence-corrected chi connectivity index (χ2v) is 2.19. The molecule has 1 aromatic heterocycles. The van der Waals surface area contributed by atoms with E-state index in [0.717, 1.165) is 0 Å². The van der Waals surface area contributed by atoms with Crippen molar-refractivity contribution < 1.29 is 20.3 Å². The number of nitro groups is 1. The second-order valence-electron chi connectivity index (χ2n) is 2.19. The number of rotatable bonds is 2. The molecule has 0 fully saturated rings. The Kier molecular flexibility index (Phi) is 7.31. The molecule has 0 radical (unpaired) electrons. The molecule has 0 atom stereocenters. The molecule has 0 bridgehead atoms. The zero-order chi connectivity index (χ0) is 10.9. The van der Waals surface area contributed by atoms with Crippen LogP contribution in [0, 0.1) is 10.1 Å². The Hall–Kier alpha value is -0.854. The van der Waals surface area contributed by atoms with Gasteiger partial charge >= 0.3 is 74.3 Å². The Balaban J connectivity index is 0. The van der Waals surface area contributed by atoms with Crippen molar-refractivity contribution in [2.75, 3.05) is 0 Å². The van der Waals surface area contributed by atoms with Crippen LogP contribution in [0.5, 0.6) is 0 Å². The predicted molar refractivity (Wildman–Crippen MR) is 52.1 cm³/mol. The third-order valence-electron chi connectivity index (χ3n) is 1.31. The molecule has 5 N–H and O–H groups in total. The van der Waals surface area contributed by atoms with Crippen molar-refractivity contribution in [3.05, 3.63) is 36.6 Å². The van der Waals surface area contributed by atoms with Gasteiger partial charge in [0, 0.05) is 0 Å². The van der Waals surface area contributed by atoms with Crippen LogP contribution in [0.3, 0.4) is 0 Å². The van der Waals surface area contributed by atoms with Gasteiger partial charge in [-0.3, -0.25) is 24.9 Å². The van der Waals surface area contributed by atoms with Crippen LogP contribution in [0.2, 0.25) is 0 Å². The van der Waals surface area contributed by atoms with Crippen molar-refractivity contribution in [3.63, 3.8) is 0 Å². The maximum atomic E-state index is 10.8. The minimum absolute atomic E-state index is 0. The quantitative estimate of drug-likeness (QED) is 0.293. The monoisotopic (exact) mass is 259 g/mol. The second kappa shape index (κ2) is 6.67. The summed E-state index contributed by atoms with van der Waals surface area (Å²) in [4.78, 5) is 44.1. The summed E-state index contributed by atoms with van der Waals surface area (Å²) < 4.78 is 0. The summed E-state index contributed by atoms with van der Waals surface area (Å²) in [5.41, 5.74) is -4.70. The molecule has 1 aromatic rings. The Bertz CT molecular complexity index is 517. The van der Waals surface area contributed by atoms with Gasteiger partial charge in [-0.25, -0.2) is 9.59 Å². The van der Waals surface area contributed by atoms with E-state index in [4.69, 9.17) is 5.11 Å². The average Bonchev–Trinajstić information content (AvgIpc) is 2.01. The van der Waals surface area contributed by atoms with E-state index < -0.39 is 33.5 Å². The van der Waals surface area contributed by atoms with Gasteiger partial charge in [0.15, 0.2) is 0 Å². The summed E-state index contributed by atoms with van der Waals surface area (Å²) in [6.07, 6.45) is 0. The van der Waals surface area contributed by atoms with Crippen LogP contribution in [0.25, 0.3) is 0 Å². The van der Waals surface area contributed by atoms with E-state index in [1.165, 1.54) is 0 Å². The summed E-state index contributed by atoms with van der Waals surface area (Å²) in [7, 11) is 0. The number of hydrogen-bond acceptors (Lipinski definition) is 5. The van der Waals surface area contributed by atoms with Crippen molar-refractivity contribution in [3.8, 4) is 0 Å².